The Morgan fingerprint density at radius 2 is 2.05 bits per heavy atom. The van der Waals surface area contributed by atoms with Gasteiger partial charge in [0.05, 0.1) is 0 Å². The van der Waals surface area contributed by atoms with Gasteiger partial charge in [-0.25, -0.2) is 4.79 Å². The Labute approximate surface area is 115 Å². The van der Waals surface area contributed by atoms with Crippen LogP contribution >= 0.6 is 0 Å². The van der Waals surface area contributed by atoms with Crippen LogP contribution in [-0.2, 0) is 4.79 Å². The number of nitrogens with two attached hydrogens (primary N) is 1. The maximum absolute atomic E-state index is 12.0. The van der Waals surface area contributed by atoms with E-state index >= 15 is 0 Å². The fourth-order valence-electron chi connectivity index (χ4n) is 1.84. The number of carbonyl (C=O) groups excluding carboxylic acids is 2. The average molecular weight is 277 g/mol. The van der Waals surface area contributed by atoms with Gasteiger partial charge in [-0.3, -0.25) is 9.59 Å². The first-order chi connectivity index (χ1) is 9.47. The molecule has 0 aromatic heterocycles. The van der Waals surface area contributed by atoms with Crippen molar-refractivity contribution in [3.05, 3.63) is 29.8 Å². The van der Waals surface area contributed by atoms with Crippen LogP contribution in [0.15, 0.2) is 24.3 Å². The van der Waals surface area contributed by atoms with Crippen molar-refractivity contribution in [1.29, 1.82) is 0 Å². The van der Waals surface area contributed by atoms with E-state index in [0.717, 1.165) is 12.8 Å². The van der Waals surface area contributed by atoms with Gasteiger partial charge in [0.15, 0.2) is 0 Å². The summed E-state index contributed by atoms with van der Waals surface area (Å²) >= 11 is 0. The van der Waals surface area contributed by atoms with Crippen LogP contribution in [0.2, 0.25) is 0 Å². The molecule has 3 amide bonds. The third-order valence-corrected chi connectivity index (χ3v) is 2.95. The maximum Gasteiger partial charge on any atom is 0.323 e. The molecular weight excluding hydrogens is 262 g/mol. The highest BCUT2D eigenvalue weighted by molar-refractivity contribution is 5.96. The zero-order valence-electron chi connectivity index (χ0n) is 10.7. The minimum absolute atomic E-state index is 0.0228. The molecule has 0 aliphatic heterocycles. The van der Waals surface area contributed by atoms with Crippen molar-refractivity contribution in [3.63, 3.8) is 0 Å². The van der Waals surface area contributed by atoms with E-state index in [4.69, 9.17) is 10.8 Å². The molecule has 20 heavy (non-hydrogen) atoms. The molecule has 7 nitrogen and oxygen atoms in total. The first-order valence-corrected chi connectivity index (χ1v) is 6.16. The SMILES string of the molecule is NC(=O)c1cccc(NC(=O)N(CC(=O)O)C2CC2)c1. The number of nitrogens with one attached hydrogen (secondary N) is 1. The Morgan fingerprint density at radius 1 is 1.35 bits per heavy atom. The zero-order chi connectivity index (χ0) is 14.7. The minimum Gasteiger partial charge on any atom is -0.480 e. The molecule has 1 aliphatic carbocycles. The lowest BCUT2D eigenvalue weighted by molar-refractivity contribution is -0.137. The van der Waals surface area contributed by atoms with Crippen molar-refractivity contribution in [2.24, 2.45) is 5.73 Å². The van der Waals surface area contributed by atoms with Gasteiger partial charge < -0.3 is 21.1 Å². The van der Waals surface area contributed by atoms with E-state index in [1.54, 1.807) is 12.1 Å². The van der Waals surface area contributed by atoms with E-state index in [-0.39, 0.29) is 18.2 Å². The number of carbonyl (C=O) groups is 3. The summed E-state index contributed by atoms with van der Waals surface area (Å²) in [5.74, 6) is -1.65. The highest BCUT2D eigenvalue weighted by Crippen LogP contribution is 2.27. The fraction of sp³-hybridized carbons (Fsp3) is 0.308. The van der Waals surface area contributed by atoms with Crippen molar-refractivity contribution in [1.82, 2.24) is 4.90 Å². The average Bonchev–Trinajstić information content (AvgIpc) is 3.20. The molecule has 1 fully saturated rings. The molecule has 7 heteroatoms. The number of hydrogen-bond acceptors (Lipinski definition) is 3. The number of carboxylic acids is 1. The smallest absolute Gasteiger partial charge is 0.323 e. The van der Waals surface area contributed by atoms with Gasteiger partial charge in [-0.1, -0.05) is 6.07 Å². The normalized spacial score (nSPS) is 13.6. The van der Waals surface area contributed by atoms with Crippen LogP contribution in [0.25, 0.3) is 0 Å². The topological polar surface area (TPSA) is 113 Å². The van der Waals surface area contributed by atoms with Crippen LogP contribution in [0.4, 0.5) is 10.5 Å². The molecule has 0 radical (unpaired) electrons. The van der Waals surface area contributed by atoms with E-state index < -0.39 is 17.9 Å². The predicted molar refractivity (Wildman–Crippen MR) is 71.3 cm³/mol. The van der Waals surface area contributed by atoms with E-state index in [1.165, 1.54) is 17.0 Å². The minimum atomic E-state index is -1.06. The monoisotopic (exact) mass is 277 g/mol. The van der Waals surface area contributed by atoms with Gasteiger partial charge in [-0.2, -0.15) is 0 Å². The fourth-order valence-corrected chi connectivity index (χ4v) is 1.84. The molecule has 0 spiro atoms. The third-order valence-electron chi connectivity index (χ3n) is 2.95. The molecule has 2 rings (SSSR count). The number of nitrogens with zero attached hydrogens (tertiary/aromatic N) is 1. The Morgan fingerprint density at radius 3 is 2.60 bits per heavy atom. The summed E-state index contributed by atoms with van der Waals surface area (Å²) < 4.78 is 0. The highest BCUT2D eigenvalue weighted by Gasteiger charge is 2.33. The number of anilines is 1. The van der Waals surface area contributed by atoms with Gasteiger partial charge in [0.2, 0.25) is 5.91 Å². The van der Waals surface area contributed by atoms with E-state index in [1.807, 2.05) is 0 Å². The van der Waals surface area contributed by atoms with Crippen molar-refractivity contribution in [2.75, 3.05) is 11.9 Å². The third kappa shape index (κ3) is 3.47. The van der Waals surface area contributed by atoms with E-state index in [0.29, 0.717) is 5.69 Å². The molecule has 0 bridgehead atoms. The quantitative estimate of drug-likeness (QED) is 0.741. The molecule has 0 unspecified atom stereocenters. The standard InChI is InChI=1S/C13H15N3O4/c14-12(19)8-2-1-3-9(6-8)15-13(20)16(7-11(17)18)10-4-5-10/h1-3,6,10H,4-5,7H2,(H2,14,19)(H,15,20)(H,17,18). The Hall–Kier alpha value is -2.57. The number of primary amides is 1. The Kier molecular flexibility index (Phi) is 3.88. The first-order valence-electron chi connectivity index (χ1n) is 6.16. The summed E-state index contributed by atoms with van der Waals surface area (Å²) in [7, 11) is 0. The van der Waals surface area contributed by atoms with Crippen molar-refractivity contribution in [2.45, 2.75) is 18.9 Å². The van der Waals surface area contributed by atoms with Crippen LogP contribution < -0.4 is 11.1 Å². The van der Waals surface area contributed by atoms with E-state index in [2.05, 4.69) is 5.32 Å². The molecule has 4 N–H and O–H groups in total. The summed E-state index contributed by atoms with van der Waals surface area (Å²) in [5, 5.41) is 11.4. The highest BCUT2D eigenvalue weighted by atomic mass is 16.4. The number of carboxylic acid groups (broad SMARTS) is 1. The summed E-state index contributed by atoms with van der Waals surface area (Å²) in [6, 6.07) is 5.67. The van der Waals surface area contributed by atoms with Crippen LogP contribution in [0.5, 0.6) is 0 Å². The molecule has 0 heterocycles. The number of hydrogen-bond donors (Lipinski definition) is 3. The van der Waals surface area contributed by atoms with E-state index in [9.17, 15) is 14.4 Å². The Bertz CT molecular complexity index is 554. The lowest BCUT2D eigenvalue weighted by Crippen LogP contribution is -2.40. The molecular formula is C13H15N3O4. The van der Waals surface area contributed by atoms with Gasteiger partial charge in [0.1, 0.15) is 6.54 Å². The number of rotatable bonds is 5. The summed E-state index contributed by atoms with van der Waals surface area (Å²) in [6.07, 6.45) is 1.62. The predicted octanol–water partition coefficient (Wildman–Crippen LogP) is 0.866. The Balaban J connectivity index is 2.07. The lowest BCUT2D eigenvalue weighted by Gasteiger charge is -2.20. The molecule has 1 aromatic rings. The lowest BCUT2D eigenvalue weighted by atomic mass is 10.2. The summed E-state index contributed by atoms with van der Waals surface area (Å²) in [5.41, 5.74) is 5.84. The van der Waals surface area contributed by atoms with Crippen molar-refractivity contribution >= 4 is 23.6 Å². The maximum atomic E-state index is 12.0. The number of benzene rings is 1. The summed E-state index contributed by atoms with van der Waals surface area (Å²) in [6.45, 7) is -0.341. The van der Waals surface area contributed by atoms with Crippen LogP contribution in [0, 0.1) is 0 Å². The van der Waals surface area contributed by atoms with Crippen molar-refractivity contribution < 1.29 is 19.5 Å². The summed E-state index contributed by atoms with van der Waals surface area (Å²) in [4.78, 5) is 35.1. The second kappa shape index (κ2) is 5.60. The number of aliphatic carboxylic acids is 1. The second-order valence-corrected chi connectivity index (χ2v) is 4.63. The molecule has 0 atom stereocenters. The number of amides is 3. The van der Waals surface area contributed by atoms with Gasteiger partial charge in [0, 0.05) is 17.3 Å². The van der Waals surface area contributed by atoms with Crippen LogP contribution in [0.3, 0.4) is 0 Å². The number of urea groups is 1. The van der Waals surface area contributed by atoms with Gasteiger partial charge in [0.25, 0.3) is 0 Å². The second-order valence-electron chi connectivity index (χ2n) is 4.63. The first kappa shape index (κ1) is 13.9. The molecule has 1 aromatic carbocycles. The van der Waals surface area contributed by atoms with Gasteiger partial charge in [-0.15, -0.1) is 0 Å². The van der Waals surface area contributed by atoms with Crippen molar-refractivity contribution in [3.8, 4) is 0 Å². The molecule has 0 saturated heterocycles. The van der Waals surface area contributed by atoms with Crippen LogP contribution in [0.1, 0.15) is 23.2 Å². The largest absolute Gasteiger partial charge is 0.480 e. The molecule has 106 valence electrons. The van der Waals surface area contributed by atoms with Crippen LogP contribution in [-0.4, -0.2) is 40.5 Å². The van der Waals surface area contributed by atoms with Gasteiger partial charge in [-0.05, 0) is 31.0 Å². The molecule has 1 saturated carbocycles. The van der Waals surface area contributed by atoms with Gasteiger partial charge >= 0.3 is 12.0 Å². The molecule has 1 aliphatic rings. The zero-order valence-corrected chi connectivity index (χ0v) is 10.7.